The van der Waals surface area contributed by atoms with E-state index in [0.29, 0.717) is 17.6 Å². The van der Waals surface area contributed by atoms with Crippen LogP contribution in [0.2, 0.25) is 5.02 Å². The number of piperazine rings is 1. The van der Waals surface area contributed by atoms with Crippen molar-refractivity contribution in [2.45, 2.75) is 19.9 Å². The second-order valence-electron chi connectivity index (χ2n) is 5.03. The van der Waals surface area contributed by atoms with Gasteiger partial charge in [0.25, 0.3) is 0 Å². The van der Waals surface area contributed by atoms with Crippen molar-refractivity contribution in [3.8, 4) is 0 Å². The van der Waals surface area contributed by atoms with Crippen LogP contribution in [-0.4, -0.2) is 43.0 Å². The van der Waals surface area contributed by atoms with Gasteiger partial charge in [0.2, 0.25) is 5.91 Å². The van der Waals surface area contributed by atoms with Gasteiger partial charge in [-0.05, 0) is 37.6 Å². The predicted octanol–water partition coefficient (Wildman–Crippen LogP) is 2.30. The Labute approximate surface area is 131 Å². The molecule has 1 aromatic rings. The average Bonchev–Trinajstić information content (AvgIpc) is 2.36. The third-order valence-electron chi connectivity index (χ3n) is 3.45. The fourth-order valence-corrected chi connectivity index (χ4v) is 2.49. The molecule has 1 saturated heterocycles. The standard InChI is InChI=1S/C14H20ClN3O.ClH/c1-10-7-12(15)3-4-13(10)17-14(19)9-18-6-5-16-8-11(18)2;/h3-4,7,11,16H,5-6,8-9H2,1-2H3,(H,17,19);1H. The highest BCUT2D eigenvalue weighted by atomic mass is 35.5. The van der Waals surface area contributed by atoms with Crippen molar-refractivity contribution >= 4 is 35.6 Å². The maximum Gasteiger partial charge on any atom is 0.238 e. The van der Waals surface area contributed by atoms with E-state index < -0.39 is 0 Å². The summed E-state index contributed by atoms with van der Waals surface area (Å²) in [6.07, 6.45) is 0. The Kier molecular flexibility index (Phi) is 6.76. The van der Waals surface area contributed by atoms with Gasteiger partial charge in [-0.1, -0.05) is 11.6 Å². The van der Waals surface area contributed by atoms with E-state index in [1.54, 1.807) is 6.07 Å². The summed E-state index contributed by atoms with van der Waals surface area (Å²) in [5.41, 5.74) is 1.81. The molecule has 2 rings (SSSR count). The Hall–Kier alpha value is -0.810. The fraction of sp³-hybridized carbons (Fsp3) is 0.500. The van der Waals surface area contributed by atoms with Crippen molar-refractivity contribution in [1.29, 1.82) is 0 Å². The molecule has 4 nitrogen and oxygen atoms in total. The maximum absolute atomic E-state index is 12.1. The van der Waals surface area contributed by atoms with Crippen molar-refractivity contribution in [2.75, 3.05) is 31.5 Å². The van der Waals surface area contributed by atoms with Gasteiger partial charge in [0, 0.05) is 36.4 Å². The third-order valence-corrected chi connectivity index (χ3v) is 3.68. The SMILES string of the molecule is Cc1cc(Cl)ccc1NC(=O)CN1CCNCC1C.Cl. The minimum atomic E-state index is 0. The van der Waals surface area contributed by atoms with Crippen molar-refractivity contribution in [3.05, 3.63) is 28.8 Å². The van der Waals surface area contributed by atoms with Crippen molar-refractivity contribution in [3.63, 3.8) is 0 Å². The maximum atomic E-state index is 12.1. The van der Waals surface area contributed by atoms with E-state index in [1.165, 1.54) is 0 Å². The molecule has 0 aromatic heterocycles. The third kappa shape index (κ3) is 4.63. The number of halogens is 2. The first kappa shape index (κ1) is 17.2. The number of carbonyl (C=O) groups is 1. The molecule has 6 heteroatoms. The first-order chi connectivity index (χ1) is 9.06. The molecule has 0 aliphatic carbocycles. The topological polar surface area (TPSA) is 44.4 Å². The Bertz CT molecular complexity index is 468. The van der Waals surface area contributed by atoms with Crippen LogP contribution in [0, 0.1) is 6.92 Å². The highest BCUT2D eigenvalue weighted by Gasteiger charge is 2.20. The number of aryl methyl sites for hydroxylation is 1. The number of hydrogen-bond acceptors (Lipinski definition) is 3. The van der Waals surface area contributed by atoms with E-state index in [0.717, 1.165) is 30.9 Å². The molecule has 0 radical (unpaired) electrons. The number of rotatable bonds is 3. The molecular formula is C14H21Cl2N3O. The summed E-state index contributed by atoms with van der Waals surface area (Å²) in [4.78, 5) is 14.2. The molecule has 1 heterocycles. The van der Waals surface area contributed by atoms with Gasteiger partial charge in [0.15, 0.2) is 0 Å². The van der Waals surface area contributed by atoms with Crippen LogP contribution in [0.3, 0.4) is 0 Å². The lowest BCUT2D eigenvalue weighted by molar-refractivity contribution is -0.118. The number of amides is 1. The Morgan fingerprint density at radius 3 is 2.95 bits per heavy atom. The largest absolute Gasteiger partial charge is 0.325 e. The summed E-state index contributed by atoms with van der Waals surface area (Å²) in [5.74, 6) is 0.0270. The minimum absolute atomic E-state index is 0. The second-order valence-corrected chi connectivity index (χ2v) is 5.47. The van der Waals surface area contributed by atoms with Crippen molar-refractivity contribution in [1.82, 2.24) is 10.2 Å². The smallest absolute Gasteiger partial charge is 0.238 e. The molecule has 1 aromatic carbocycles. The van der Waals surface area contributed by atoms with Gasteiger partial charge in [0.05, 0.1) is 6.54 Å². The molecule has 0 bridgehead atoms. The van der Waals surface area contributed by atoms with Crippen LogP contribution >= 0.6 is 24.0 Å². The van der Waals surface area contributed by atoms with E-state index in [1.807, 2.05) is 19.1 Å². The second kappa shape index (κ2) is 7.84. The molecule has 1 atom stereocenters. The van der Waals surface area contributed by atoms with Gasteiger partial charge < -0.3 is 10.6 Å². The molecule has 2 N–H and O–H groups in total. The molecule has 0 saturated carbocycles. The molecule has 0 spiro atoms. The zero-order chi connectivity index (χ0) is 13.8. The molecule has 1 aliphatic rings. The van der Waals surface area contributed by atoms with Crippen LogP contribution < -0.4 is 10.6 Å². The molecule has 1 fully saturated rings. The first-order valence-electron chi connectivity index (χ1n) is 6.57. The predicted molar refractivity (Wildman–Crippen MR) is 86.0 cm³/mol. The van der Waals surface area contributed by atoms with Crippen molar-refractivity contribution in [2.24, 2.45) is 0 Å². The van der Waals surface area contributed by atoms with E-state index in [2.05, 4.69) is 22.5 Å². The normalized spacial score (nSPS) is 19.2. The number of benzene rings is 1. The van der Waals surface area contributed by atoms with Gasteiger partial charge in [-0.25, -0.2) is 0 Å². The minimum Gasteiger partial charge on any atom is -0.325 e. The molecule has 20 heavy (non-hydrogen) atoms. The number of nitrogens with one attached hydrogen (secondary N) is 2. The number of anilines is 1. The Morgan fingerprint density at radius 1 is 1.55 bits per heavy atom. The fourth-order valence-electron chi connectivity index (χ4n) is 2.26. The zero-order valence-corrected chi connectivity index (χ0v) is 13.4. The Balaban J connectivity index is 0.00000200. The van der Waals surface area contributed by atoms with Crippen LogP contribution in [0.5, 0.6) is 0 Å². The van der Waals surface area contributed by atoms with E-state index >= 15 is 0 Å². The van der Waals surface area contributed by atoms with Crippen LogP contribution in [0.4, 0.5) is 5.69 Å². The lowest BCUT2D eigenvalue weighted by Crippen LogP contribution is -2.52. The zero-order valence-electron chi connectivity index (χ0n) is 11.8. The first-order valence-corrected chi connectivity index (χ1v) is 6.95. The molecule has 1 unspecified atom stereocenters. The molecule has 112 valence electrons. The van der Waals surface area contributed by atoms with Crippen molar-refractivity contribution < 1.29 is 4.79 Å². The van der Waals surface area contributed by atoms with Gasteiger partial charge >= 0.3 is 0 Å². The highest BCUT2D eigenvalue weighted by molar-refractivity contribution is 6.30. The number of hydrogen-bond donors (Lipinski definition) is 2. The van der Waals surface area contributed by atoms with Gasteiger partial charge in [-0.15, -0.1) is 12.4 Å². The quantitative estimate of drug-likeness (QED) is 0.899. The van der Waals surface area contributed by atoms with E-state index in [9.17, 15) is 4.79 Å². The average molecular weight is 318 g/mol. The van der Waals surface area contributed by atoms with Gasteiger partial charge in [0.1, 0.15) is 0 Å². The van der Waals surface area contributed by atoms with Gasteiger partial charge in [-0.2, -0.15) is 0 Å². The lowest BCUT2D eigenvalue weighted by atomic mass is 10.2. The summed E-state index contributed by atoms with van der Waals surface area (Å²) in [5, 5.41) is 6.95. The van der Waals surface area contributed by atoms with Crippen LogP contribution in [-0.2, 0) is 4.79 Å². The van der Waals surface area contributed by atoms with Crippen LogP contribution in [0.25, 0.3) is 0 Å². The monoisotopic (exact) mass is 317 g/mol. The summed E-state index contributed by atoms with van der Waals surface area (Å²) in [6, 6.07) is 5.88. The summed E-state index contributed by atoms with van der Waals surface area (Å²) < 4.78 is 0. The molecule has 1 amide bonds. The molecular weight excluding hydrogens is 297 g/mol. The van der Waals surface area contributed by atoms with Gasteiger partial charge in [-0.3, -0.25) is 9.69 Å². The van der Waals surface area contributed by atoms with Crippen LogP contribution in [0.15, 0.2) is 18.2 Å². The summed E-state index contributed by atoms with van der Waals surface area (Å²) in [7, 11) is 0. The highest BCUT2D eigenvalue weighted by Crippen LogP contribution is 2.19. The lowest BCUT2D eigenvalue weighted by Gasteiger charge is -2.33. The molecule has 1 aliphatic heterocycles. The Morgan fingerprint density at radius 2 is 2.30 bits per heavy atom. The van der Waals surface area contributed by atoms with Crippen LogP contribution in [0.1, 0.15) is 12.5 Å². The summed E-state index contributed by atoms with van der Waals surface area (Å²) >= 11 is 5.90. The van der Waals surface area contributed by atoms with E-state index in [4.69, 9.17) is 11.6 Å². The summed E-state index contributed by atoms with van der Waals surface area (Å²) in [6.45, 7) is 7.30. The number of carbonyl (C=O) groups excluding carboxylic acids is 1. The number of nitrogens with zero attached hydrogens (tertiary/aromatic N) is 1. The van der Waals surface area contributed by atoms with E-state index in [-0.39, 0.29) is 18.3 Å².